The second-order valence-electron chi connectivity index (χ2n) is 14.9. The van der Waals surface area contributed by atoms with Crippen LogP contribution in [-0.4, -0.2) is 0 Å². The van der Waals surface area contributed by atoms with Crippen molar-refractivity contribution in [3.8, 4) is 44.5 Å². The first kappa shape index (κ1) is 34.0. The predicted octanol–water partition coefficient (Wildman–Crippen LogP) is 16.5. The van der Waals surface area contributed by atoms with Crippen molar-refractivity contribution in [3.63, 3.8) is 0 Å². The highest BCUT2D eigenvalue weighted by Gasteiger charge is 2.17. The lowest BCUT2D eigenvalue weighted by molar-refractivity contribution is 1.28. The fraction of sp³-hybridized carbons (Fsp3) is 0. The van der Waals surface area contributed by atoms with Crippen LogP contribution in [0.1, 0.15) is 0 Å². The molecule has 1 heterocycles. The molecule has 10 aromatic carbocycles. The van der Waals surface area contributed by atoms with Crippen LogP contribution in [0.5, 0.6) is 0 Å². The van der Waals surface area contributed by atoms with Crippen molar-refractivity contribution in [2.45, 2.75) is 0 Å². The fourth-order valence-corrected chi connectivity index (χ4v) is 9.80. The Morgan fingerprint density at radius 2 is 0.724 bits per heavy atom. The van der Waals surface area contributed by atoms with E-state index in [1.54, 1.807) is 0 Å². The molecular weight excluding hydrogens is 719 g/mol. The Morgan fingerprint density at radius 1 is 0.276 bits per heavy atom. The van der Waals surface area contributed by atoms with Gasteiger partial charge in [-0.3, -0.25) is 0 Å². The molecule has 58 heavy (non-hydrogen) atoms. The molecule has 11 rings (SSSR count). The molecular formula is C56H37NS. The summed E-state index contributed by atoms with van der Waals surface area (Å²) in [5, 5.41) is 7.68. The molecule has 0 bridgehead atoms. The second kappa shape index (κ2) is 14.4. The number of nitrogens with zero attached hydrogens (tertiary/aromatic N) is 1. The molecule has 0 unspecified atom stereocenters. The van der Waals surface area contributed by atoms with Gasteiger partial charge in [-0.1, -0.05) is 176 Å². The van der Waals surface area contributed by atoms with Crippen LogP contribution in [0.2, 0.25) is 0 Å². The molecule has 0 fully saturated rings. The Hall–Kier alpha value is -7.26. The molecule has 0 N–H and O–H groups in total. The van der Waals surface area contributed by atoms with Gasteiger partial charge in [0.05, 0.1) is 0 Å². The number of thiophene rings is 1. The van der Waals surface area contributed by atoms with Gasteiger partial charge in [0.15, 0.2) is 0 Å². The molecule has 2 heteroatoms. The SMILES string of the molecule is c1cc(-c2cccc3sc4ccccc4c23)cc(N(c2ccc(-c3ccc(-c4cccc5ccccc45)cc3)cc2)c2ccc(-c3cccc4ccccc34)cc2)c1. The molecule has 0 aliphatic carbocycles. The maximum absolute atomic E-state index is 2.38. The number of hydrogen-bond acceptors (Lipinski definition) is 2. The van der Waals surface area contributed by atoms with Crippen LogP contribution in [0.25, 0.3) is 86.2 Å². The monoisotopic (exact) mass is 755 g/mol. The molecule has 0 atom stereocenters. The van der Waals surface area contributed by atoms with Crippen molar-refractivity contribution in [3.05, 3.63) is 224 Å². The first-order valence-electron chi connectivity index (χ1n) is 19.8. The molecule has 1 nitrogen and oxygen atoms in total. The summed E-state index contributed by atoms with van der Waals surface area (Å²) in [6, 6.07) is 81.9. The summed E-state index contributed by atoms with van der Waals surface area (Å²) < 4.78 is 2.63. The minimum Gasteiger partial charge on any atom is -0.310 e. The largest absolute Gasteiger partial charge is 0.310 e. The van der Waals surface area contributed by atoms with Crippen molar-refractivity contribution in [2.75, 3.05) is 4.90 Å². The minimum atomic E-state index is 1.10. The van der Waals surface area contributed by atoms with Crippen LogP contribution in [0.3, 0.4) is 0 Å². The summed E-state index contributed by atoms with van der Waals surface area (Å²) in [6.45, 7) is 0. The first-order valence-corrected chi connectivity index (χ1v) is 20.6. The van der Waals surface area contributed by atoms with E-state index in [-0.39, 0.29) is 0 Å². The Labute approximate surface area is 342 Å². The zero-order valence-electron chi connectivity index (χ0n) is 31.7. The Balaban J connectivity index is 0.990. The van der Waals surface area contributed by atoms with Crippen molar-refractivity contribution in [1.29, 1.82) is 0 Å². The van der Waals surface area contributed by atoms with E-state index in [1.165, 1.54) is 86.2 Å². The molecule has 0 aliphatic heterocycles. The van der Waals surface area contributed by atoms with Crippen molar-refractivity contribution in [2.24, 2.45) is 0 Å². The number of rotatable bonds is 7. The van der Waals surface area contributed by atoms with Gasteiger partial charge in [0.1, 0.15) is 0 Å². The minimum absolute atomic E-state index is 1.10. The lowest BCUT2D eigenvalue weighted by atomic mass is 9.96. The van der Waals surface area contributed by atoms with Crippen LogP contribution >= 0.6 is 11.3 Å². The third kappa shape index (κ3) is 6.03. The highest BCUT2D eigenvalue weighted by Crippen LogP contribution is 2.43. The van der Waals surface area contributed by atoms with Crippen LogP contribution in [0.15, 0.2) is 224 Å². The lowest BCUT2D eigenvalue weighted by Gasteiger charge is -2.26. The van der Waals surface area contributed by atoms with Crippen molar-refractivity contribution < 1.29 is 0 Å². The molecule has 0 aliphatic rings. The summed E-state index contributed by atoms with van der Waals surface area (Å²) >= 11 is 1.86. The second-order valence-corrected chi connectivity index (χ2v) is 16.0. The van der Waals surface area contributed by atoms with E-state index in [4.69, 9.17) is 0 Å². The summed E-state index contributed by atoms with van der Waals surface area (Å²) in [5.41, 5.74) is 13.1. The van der Waals surface area contributed by atoms with Gasteiger partial charge in [0.2, 0.25) is 0 Å². The number of anilines is 3. The van der Waals surface area contributed by atoms with E-state index in [1.807, 2.05) is 11.3 Å². The molecule has 272 valence electrons. The zero-order valence-corrected chi connectivity index (χ0v) is 32.5. The van der Waals surface area contributed by atoms with Crippen molar-refractivity contribution >= 4 is 70.1 Å². The molecule has 0 spiro atoms. The number of fused-ring (bicyclic) bond motifs is 5. The highest BCUT2D eigenvalue weighted by molar-refractivity contribution is 7.25. The lowest BCUT2D eigenvalue weighted by Crippen LogP contribution is -2.10. The van der Waals surface area contributed by atoms with Gasteiger partial charge in [-0.15, -0.1) is 11.3 Å². The molecule has 0 amide bonds. The van der Waals surface area contributed by atoms with Crippen LogP contribution < -0.4 is 4.90 Å². The molecule has 0 saturated carbocycles. The molecule has 0 saturated heterocycles. The van der Waals surface area contributed by atoms with E-state index in [0.29, 0.717) is 0 Å². The van der Waals surface area contributed by atoms with Gasteiger partial charge < -0.3 is 4.90 Å². The van der Waals surface area contributed by atoms with Gasteiger partial charge in [0, 0.05) is 37.2 Å². The maximum Gasteiger partial charge on any atom is 0.0467 e. The van der Waals surface area contributed by atoms with Crippen LogP contribution in [0.4, 0.5) is 17.1 Å². The standard InChI is InChI=1S/C56H37NS/c1-3-17-48-40(11-1)13-8-20-50(48)42-27-25-38(26-28-42)39-29-33-45(34-30-39)57(46-35-31-43(32-36-46)51-21-9-14-41-12-2-4-18-49(41)51)47-16-7-15-44(37-47)52-22-10-24-55-56(52)53-19-5-6-23-54(53)58-55/h1-37H. The van der Waals surface area contributed by atoms with Gasteiger partial charge in [-0.05, 0) is 115 Å². The third-order valence-corrected chi connectivity index (χ3v) is 12.6. The van der Waals surface area contributed by atoms with Crippen molar-refractivity contribution in [1.82, 2.24) is 0 Å². The summed E-state index contributed by atoms with van der Waals surface area (Å²) in [4.78, 5) is 2.38. The molecule has 0 radical (unpaired) electrons. The van der Waals surface area contributed by atoms with Gasteiger partial charge >= 0.3 is 0 Å². The number of hydrogen-bond donors (Lipinski definition) is 0. The third-order valence-electron chi connectivity index (χ3n) is 11.5. The Kier molecular flexibility index (Phi) is 8.42. The van der Waals surface area contributed by atoms with E-state index in [2.05, 4.69) is 229 Å². The predicted molar refractivity (Wildman–Crippen MR) is 251 cm³/mol. The Bertz CT molecular complexity index is 3250. The maximum atomic E-state index is 2.38. The quantitative estimate of drug-likeness (QED) is 0.157. The highest BCUT2D eigenvalue weighted by atomic mass is 32.1. The van der Waals surface area contributed by atoms with Crippen LogP contribution in [-0.2, 0) is 0 Å². The topological polar surface area (TPSA) is 3.24 Å². The van der Waals surface area contributed by atoms with Gasteiger partial charge in [0.25, 0.3) is 0 Å². The number of benzene rings is 10. The average Bonchev–Trinajstić information content (AvgIpc) is 3.69. The van der Waals surface area contributed by atoms with Gasteiger partial charge in [-0.25, -0.2) is 0 Å². The Morgan fingerprint density at radius 3 is 1.36 bits per heavy atom. The van der Waals surface area contributed by atoms with E-state index >= 15 is 0 Å². The molecule has 1 aromatic heterocycles. The van der Waals surface area contributed by atoms with Crippen LogP contribution in [0, 0.1) is 0 Å². The fourth-order valence-electron chi connectivity index (χ4n) is 8.66. The van der Waals surface area contributed by atoms with Gasteiger partial charge in [-0.2, -0.15) is 0 Å². The van der Waals surface area contributed by atoms with E-state index in [9.17, 15) is 0 Å². The summed E-state index contributed by atoms with van der Waals surface area (Å²) in [5.74, 6) is 0. The van der Waals surface area contributed by atoms with E-state index < -0.39 is 0 Å². The zero-order chi connectivity index (χ0) is 38.4. The smallest absolute Gasteiger partial charge is 0.0467 e. The van der Waals surface area contributed by atoms with E-state index in [0.717, 1.165) is 17.1 Å². The summed E-state index contributed by atoms with van der Waals surface area (Å²) in [7, 11) is 0. The summed E-state index contributed by atoms with van der Waals surface area (Å²) in [6.07, 6.45) is 0. The average molecular weight is 756 g/mol. The molecule has 11 aromatic rings. The first-order chi connectivity index (χ1) is 28.7. The normalized spacial score (nSPS) is 11.4.